The highest BCUT2D eigenvalue weighted by Gasteiger charge is 2.23. The fraction of sp³-hybridized carbons (Fsp3) is 0.364. The Kier molecular flexibility index (Phi) is 9.17. The molecule has 1 atom stereocenters. The number of aliphatic hydroxyl groups excluding tert-OH is 1. The lowest BCUT2D eigenvalue weighted by atomic mass is 10.1. The van der Waals surface area contributed by atoms with E-state index >= 15 is 0 Å². The molecular formula is C22H28ClNO4S. The predicted octanol–water partition coefficient (Wildman–Crippen LogP) is 4.46. The van der Waals surface area contributed by atoms with Gasteiger partial charge in [-0.2, -0.15) is 4.31 Å². The first-order valence-corrected chi connectivity index (χ1v) is 11.4. The Morgan fingerprint density at radius 2 is 1.83 bits per heavy atom. The molecule has 0 unspecified atom stereocenters. The number of aliphatic hydroxyl groups is 1. The number of hydrogen-bond donors (Lipinski definition) is 1. The van der Waals surface area contributed by atoms with Crippen LogP contribution in [0.5, 0.6) is 5.75 Å². The van der Waals surface area contributed by atoms with Gasteiger partial charge in [0.05, 0.1) is 12.0 Å². The number of halogens is 1. The number of para-hydroxylation sites is 1. The monoisotopic (exact) mass is 437 g/mol. The molecule has 2 rings (SSSR count). The Balaban J connectivity index is 2.22. The van der Waals surface area contributed by atoms with Crippen LogP contribution in [0.1, 0.15) is 25.3 Å². The predicted molar refractivity (Wildman–Crippen MR) is 118 cm³/mol. The normalized spacial score (nSPS) is 13.1. The highest BCUT2D eigenvalue weighted by Crippen LogP contribution is 2.22. The number of sulfonamides is 1. The topological polar surface area (TPSA) is 66.8 Å². The van der Waals surface area contributed by atoms with Crippen molar-refractivity contribution in [3.05, 3.63) is 65.2 Å². The molecule has 158 valence electrons. The molecule has 0 aliphatic rings. The summed E-state index contributed by atoms with van der Waals surface area (Å²) in [5.74, 6) is 0.952. The standard InChI is InChI=1S/C22H28ClNO4S/c1-18(14-17-25)13-16-24(29(26,27)21-11-9-20(23)10-12-21)15-5-7-19-6-3-4-8-22(19)28-2/h3-12,18,25H,13-17H2,1-2H3/t18-/m1/s1. The smallest absolute Gasteiger partial charge is 0.243 e. The Bertz CT molecular complexity index is 897. The van der Waals surface area contributed by atoms with Crippen molar-refractivity contribution in [2.75, 3.05) is 26.8 Å². The number of benzene rings is 2. The summed E-state index contributed by atoms with van der Waals surface area (Å²) in [5, 5.41) is 9.60. The van der Waals surface area contributed by atoms with Crippen LogP contribution in [0.2, 0.25) is 5.02 Å². The minimum absolute atomic E-state index is 0.0960. The summed E-state index contributed by atoms with van der Waals surface area (Å²) >= 11 is 5.90. The molecule has 0 aliphatic carbocycles. The van der Waals surface area contributed by atoms with Gasteiger partial charge in [0.2, 0.25) is 10.0 Å². The number of ether oxygens (including phenoxy) is 1. The summed E-state index contributed by atoms with van der Waals surface area (Å²) < 4.78 is 33.1. The van der Waals surface area contributed by atoms with E-state index in [2.05, 4.69) is 0 Å². The molecule has 0 aromatic heterocycles. The van der Waals surface area contributed by atoms with Crippen LogP contribution in [0.3, 0.4) is 0 Å². The molecule has 0 saturated heterocycles. The fourth-order valence-corrected chi connectivity index (χ4v) is 4.43. The van der Waals surface area contributed by atoms with Crippen LogP contribution in [-0.4, -0.2) is 44.6 Å². The number of rotatable bonds is 11. The minimum atomic E-state index is -3.67. The van der Waals surface area contributed by atoms with Crippen molar-refractivity contribution in [2.45, 2.75) is 24.7 Å². The molecule has 0 spiro atoms. The van der Waals surface area contributed by atoms with Crippen molar-refractivity contribution in [3.63, 3.8) is 0 Å². The zero-order valence-corrected chi connectivity index (χ0v) is 18.4. The first kappa shape index (κ1) is 23.4. The molecule has 0 aliphatic heterocycles. The maximum absolute atomic E-state index is 13.2. The summed E-state index contributed by atoms with van der Waals surface area (Å²) in [6.45, 7) is 2.70. The molecule has 5 nitrogen and oxygen atoms in total. The van der Waals surface area contributed by atoms with Crippen LogP contribution in [0.4, 0.5) is 0 Å². The quantitative estimate of drug-likeness (QED) is 0.563. The van der Waals surface area contributed by atoms with E-state index in [0.29, 0.717) is 24.4 Å². The molecule has 29 heavy (non-hydrogen) atoms. The lowest BCUT2D eigenvalue weighted by Crippen LogP contribution is -2.33. The largest absolute Gasteiger partial charge is 0.496 e. The molecule has 0 heterocycles. The Hall–Kier alpha value is -1.86. The second-order valence-electron chi connectivity index (χ2n) is 6.87. The number of methoxy groups -OCH3 is 1. The Morgan fingerprint density at radius 1 is 1.14 bits per heavy atom. The van der Waals surface area contributed by atoms with Crippen LogP contribution in [0, 0.1) is 5.92 Å². The van der Waals surface area contributed by atoms with E-state index in [1.54, 1.807) is 19.2 Å². The molecule has 0 fully saturated rings. The summed E-state index contributed by atoms with van der Waals surface area (Å²) in [4.78, 5) is 0.211. The first-order chi connectivity index (χ1) is 13.9. The van der Waals surface area contributed by atoms with Gasteiger partial charge in [-0.3, -0.25) is 0 Å². The van der Waals surface area contributed by atoms with E-state index in [0.717, 1.165) is 11.3 Å². The third-order valence-corrected chi connectivity index (χ3v) is 6.82. The van der Waals surface area contributed by atoms with Gasteiger partial charge in [-0.05, 0) is 49.1 Å². The SMILES string of the molecule is COc1ccccc1C=CCN(CC[C@@H](C)CCO)S(=O)(=O)c1ccc(Cl)cc1. The highest BCUT2D eigenvalue weighted by molar-refractivity contribution is 7.89. The van der Waals surface area contributed by atoms with Gasteiger partial charge in [-0.25, -0.2) is 8.42 Å². The van der Waals surface area contributed by atoms with Crippen LogP contribution >= 0.6 is 11.6 Å². The van der Waals surface area contributed by atoms with Gasteiger partial charge in [-0.1, -0.05) is 48.9 Å². The summed E-state index contributed by atoms with van der Waals surface area (Å²) in [6.07, 6.45) is 4.99. The lowest BCUT2D eigenvalue weighted by molar-refractivity contribution is 0.253. The average Bonchev–Trinajstić information content (AvgIpc) is 2.71. The molecule has 2 aromatic carbocycles. The first-order valence-electron chi connectivity index (χ1n) is 9.54. The van der Waals surface area contributed by atoms with E-state index in [9.17, 15) is 8.42 Å². The maximum Gasteiger partial charge on any atom is 0.243 e. The van der Waals surface area contributed by atoms with Crippen LogP contribution in [0.15, 0.2) is 59.5 Å². The second-order valence-corrected chi connectivity index (χ2v) is 9.24. The van der Waals surface area contributed by atoms with Gasteiger partial charge in [0.1, 0.15) is 5.75 Å². The van der Waals surface area contributed by atoms with Gasteiger partial charge in [0, 0.05) is 30.3 Å². The van der Waals surface area contributed by atoms with Crippen LogP contribution in [-0.2, 0) is 10.0 Å². The Morgan fingerprint density at radius 3 is 2.48 bits per heavy atom. The zero-order valence-electron chi connectivity index (χ0n) is 16.8. The van der Waals surface area contributed by atoms with E-state index in [4.69, 9.17) is 21.4 Å². The van der Waals surface area contributed by atoms with E-state index in [1.807, 2.05) is 43.3 Å². The summed E-state index contributed by atoms with van der Waals surface area (Å²) in [7, 11) is -2.07. The highest BCUT2D eigenvalue weighted by atomic mass is 35.5. The number of hydrogen-bond acceptors (Lipinski definition) is 4. The zero-order chi connectivity index (χ0) is 21.3. The third-order valence-electron chi connectivity index (χ3n) is 4.69. The fourth-order valence-electron chi connectivity index (χ4n) is 2.90. The molecular weight excluding hydrogens is 410 g/mol. The molecule has 0 amide bonds. The molecule has 0 saturated carbocycles. The van der Waals surface area contributed by atoms with Crippen LogP contribution < -0.4 is 4.74 Å². The number of nitrogens with zero attached hydrogens (tertiary/aromatic N) is 1. The van der Waals surface area contributed by atoms with E-state index in [1.165, 1.54) is 16.4 Å². The van der Waals surface area contributed by atoms with Gasteiger partial charge >= 0.3 is 0 Å². The summed E-state index contributed by atoms with van der Waals surface area (Å²) in [6, 6.07) is 13.8. The van der Waals surface area contributed by atoms with Crippen LogP contribution in [0.25, 0.3) is 6.08 Å². The molecule has 1 N–H and O–H groups in total. The van der Waals surface area contributed by atoms with Crippen molar-refractivity contribution >= 4 is 27.7 Å². The van der Waals surface area contributed by atoms with Crippen molar-refractivity contribution in [2.24, 2.45) is 5.92 Å². The lowest BCUT2D eigenvalue weighted by Gasteiger charge is -2.22. The van der Waals surface area contributed by atoms with E-state index < -0.39 is 10.0 Å². The third kappa shape index (κ3) is 6.85. The molecule has 7 heteroatoms. The molecule has 0 bridgehead atoms. The average molecular weight is 438 g/mol. The molecule has 0 radical (unpaired) electrons. The minimum Gasteiger partial charge on any atom is -0.496 e. The van der Waals surface area contributed by atoms with Crippen molar-refractivity contribution in [1.29, 1.82) is 0 Å². The van der Waals surface area contributed by atoms with Gasteiger partial charge in [0.25, 0.3) is 0 Å². The van der Waals surface area contributed by atoms with Crippen molar-refractivity contribution in [3.8, 4) is 5.75 Å². The maximum atomic E-state index is 13.2. The summed E-state index contributed by atoms with van der Waals surface area (Å²) in [5.41, 5.74) is 0.882. The second kappa shape index (κ2) is 11.4. The van der Waals surface area contributed by atoms with Gasteiger partial charge in [-0.15, -0.1) is 0 Å². The Labute approximate surface area is 178 Å². The van der Waals surface area contributed by atoms with E-state index in [-0.39, 0.29) is 24.0 Å². The van der Waals surface area contributed by atoms with Gasteiger partial charge in [0.15, 0.2) is 0 Å². The van der Waals surface area contributed by atoms with Crippen molar-refractivity contribution in [1.82, 2.24) is 4.31 Å². The van der Waals surface area contributed by atoms with Crippen molar-refractivity contribution < 1.29 is 18.3 Å². The van der Waals surface area contributed by atoms with Gasteiger partial charge < -0.3 is 9.84 Å². The molecule has 2 aromatic rings.